The first-order valence-electron chi connectivity index (χ1n) is 5.69. The normalized spacial score (nSPS) is 13.2. The van der Waals surface area contributed by atoms with E-state index < -0.39 is 6.03 Å². The van der Waals surface area contributed by atoms with Gasteiger partial charge in [-0.05, 0) is 18.6 Å². The van der Waals surface area contributed by atoms with Gasteiger partial charge in [-0.3, -0.25) is 0 Å². The summed E-state index contributed by atoms with van der Waals surface area (Å²) < 4.78 is 1.18. The summed E-state index contributed by atoms with van der Waals surface area (Å²) in [5, 5.41) is 8.29. The van der Waals surface area contributed by atoms with Crippen molar-refractivity contribution in [3.05, 3.63) is 33.8 Å². The van der Waals surface area contributed by atoms with Crippen LogP contribution in [0.1, 0.15) is 5.56 Å². The highest BCUT2D eigenvalue weighted by Crippen LogP contribution is 2.35. The number of rotatable bonds is 1. The Hall–Kier alpha value is -1.72. The Morgan fingerprint density at radius 3 is 2.84 bits per heavy atom. The van der Waals surface area contributed by atoms with E-state index in [1.54, 1.807) is 12.1 Å². The van der Waals surface area contributed by atoms with Gasteiger partial charge in [0.05, 0.1) is 15.7 Å². The molecule has 5 nitrogen and oxygen atoms in total. The molecule has 1 aromatic carbocycles. The van der Waals surface area contributed by atoms with Crippen LogP contribution in [-0.4, -0.2) is 22.4 Å². The van der Waals surface area contributed by atoms with Crippen LogP contribution in [0.4, 0.5) is 10.6 Å². The van der Waals surface area contributed by atoms with Crippen LogP contribution >= 0.6 is 23.2 Å². The number of hydrogen-bond donors (Lipinski definition) is 2. The predicted octanol–water partition coefficient (Wildman–Crippen LogP) is 2.75. The third kappa shape index (κ3) is 1.95. The first-order valence-corrected chi connectivity index (χ1v) is 6.44. The van der Waals surface area contributed by atoms with Crippen molar-refractivity contribution < 1.29 is 4.79 Å². The number of nitrogens with two attached hydrogens (primary N) is 1. The number of nitrogens with one attached hydrogen (secondary N) is 1. The second-order valence-corrected chi connectivity index (χ2v) is 5.05. The number of halogens is 2. The highest BCUT2D eigenvalue weighted by atomic mass is 35.5. The molecule has 2 heterocycles. The van der Waals surface area contributed by atoms with E-state index in [9.17, 15) is 4.79 Å². The molecule has 1 aliphatic heterocycles. The third-order valence-corrected chi connectivity index (χ3v) is 3.79. The van der Waals surface area contributed by atoms with Crippen molar-refractivity contribution in [3.63, 3.8) is 0 Å². The summed E-state index contributed by atoms with van der Waals surface area (Å²) in [6.07, 6.45) is 0.790. The molecule has 1 amide bonds. The number of hydrogen-bond acceptors (Lipinski definition) is 3. The van der Waals surface area contributed by atoms with Crippen LogP contribution in [0.25, 0.3) is 11.3 Å². The molecule has 0 radical (unpaired) electrons. The van der Waals surface area contributed by atoms with Gasteiger partial charge in [0.15, 0.2) is 0 Å². The largest absolute Gasteiger partial charge is 0.369 e. The lowest BCUT2D eigenvalue weighted by Gasteiger charge is -2.02. The van der Waals surface area contributed by atoms with Crippen molar-refractivity contribution in [2.24, 2.45) is 5.73 Å². The molecule has 1 aliphatic rings. The molecular weight excluding hydrogens is 287 g/mol. The lowest BCUT2D eigenvalue weighted by atomic mass is 10.1. The summed E-state index contributed by atoms with van der Waals surface area (Å²) in [6, 6.07) is 4.64. The van der Waals surface area contributed by atoms with E-state index in [-0.39, 0.29) is 0 Å². The van der Waals surface area contributed by atoms with Gasteiger partial charge in [-0.25, -0.2) is 4.79 Å². The Kier molecular flexibility index (Phi) is 2.88. The number of aromatic nitrogens is 2. The van der Waals surface area contributed by atoms with Crippen molar-refractivity contribution in [1.29, 1.82) is 0 Å². The summed E-state index contributed by atoms with van der Waals surface area (Å²) in [4.78, 5) is 11.4. The molecule has 0 spiro atoms. The van der Waals surface area contributed by atoms with Crippen LogP contribution in [0.3, 0.4) is 0 Å². The van der Waals surface area contributed by atoms with Gasteiger partial charge in [0.25, 0.3) is 0 Å². The standard InChI is InChI=1S/C12H10Cl2N4O/c13-8-2-1-6(5-9(8)14)10-7-3-4-16-11(7)18(17-10)12(15)19/h1-2,5,16H,3-4H2,(H2,15,19). The van der Waals surface area contributed by atoms with E-state index in [1.807, 2.05) is 6.07 Å². The second-order valence-electron chi connectivity index (χ2n) is 4.23. The molecule has 3 N–H and O–H groups in total. The number of benzene rings is 1. The number of fused-ring (bicyclic) bond motifs is 1. The molecule has 1 aromatic heterocycles. The molecule has 0 saturated carbocycles. The first-order chi connectivity index (χ1) is 9.08. The van der Waals surface area contributed by atoms with Crippen LogP contribution < -0.4 is 11.1 Å². The zero-order valence-electron chi connectivity index (χ0n) is 9.78. The van der Waals surface area contributed by atoms with Crippen LogP contribution in [0.5, 0.6) is 0 Å². The predicted molar refractivity (Wildman–Crippen MR) is 74.9 cm³/mol. The summed E-state index contributed by atoms with van der Waals surface area (Å²) >= 11 is 11.9. The molecular formula is C12H10Cl2N4O. The van der Waals surface area contributed by atoms with E-state index in [1.165, 1.54) is 4.68 Å². The SMILES string of the molecule is NC(=O)n1nc(-c2ccc(Cl)c(Cl)c2)c2c1NCC2. The summed E-state index contributed by atoms with van der Waals surface area (Å²) in [5.41, 5.74) is 7.80. The van der Waals surface area contributed by atoms with E-state index in [2.05, 4.69) is 10.4 Å². The number of primary amides is 1. The average Bonchev–Trinajstić information content (AvgIpc) is 2.93. The van der Waals surface area contributed by atoms with Crippen molar-refractivity contribution >= 4 is 35.1 Å². The van der Waals surface area contributed by atoms with E-state index in [0.29, 0.717) is 21.6 Å². The van der Waals surface area contributed by atoms with Gasteiger partial charge in [0.2, 0.25) is 0 Å². The van der Waals surface area contributed by atoms with Gasteiger partial charge in [-0.2, -0.15) is 9.78 Å². The van der Waals surface area contributed by atoms with Gasteiger partial charge < -0.3 is 11.1 Å². The Morgan fingerprint density at radius 2 is 2.16 bits per heavy atom. The third-order valence-electron chi connectivity index (χ3n) is 3.05. The average molecular weight is 297 g/mol. The number of carbonyl (C=O) groups excluding carboxylic acids is 1. The zero-order chi connectivity index (χ0) is 13.6. The van der Waals surface area contributed by atoms with E-state index in [0.717, 1.165) is 24.1 Å². The maximum atomic E-state index is 11.4. The molecule has 19 heavy (non-hydrogen) atoms. The minimum atomic E-state index is -0.614. The quantitative estimate of drug-likeness (QED) is 0.850. The molecule has 2 aromatic rings. The number of carbonyl (C=O) groups is 1. The van der Waals surface area contributed by atoms with E-state index in [4.69, 9.17) is 28.9 Å². The molecule has 0 aliphatic carbocycles. The Morgan fingerprint density at radius 1 is 1.37 bits per heavy atom. The molecule has 0 bridgehead atoms. The van der Waals surface area contributed by atoms with Gasteiger partial charge in [0.1, 0.15) is 5.82 Å². The summed E-state index contributed by atoms with van der Waals surface area (Å²) in [6.45, 7) is 0.759. The van der Waals surface area contributed by atoms with Crippen LogP contribution in [0.15, 0.2) is 18.2 Å². The Labute approximate surface area is 119 Å². The van der Waals surface area contributed by atoms with Gasteiger partial charge >= 0.3 is 6.03 Å². The molecule has 0 saturated heterocycles. The number of amides is 1. The molecule has 7 heteroatoms. The minimum Gasteiger partial charge on any atom is -0.369 e. The van der Waals surface area contributed by atoms with Crippen LogP contribution in [-0.2, 0) is 6.42 Å². The first kappa shape index (κ1) is 12.3. The maximum absolute atomic E-state index is 11.4. The zero-order valence-corrected chi connectivity index (χ0v) is 11.3. The monoisotopic (exact) mass is 296 g/mol. The van der Waals surface area contributed by atoms with Crippen molar-refractivity contribution in [3.8, 4) is 11.3 Å². The van der Waals surface area contributed by atoms with Crippen molar-refractivity contribution in [2.75, 3.05) is 11.9 Å². The highest BCUT2D eigenvalue weighted by Gasteiger charge is 2.25. The van der Waals surface area contributed by atoms with Crippen LogP contribution in [0, 0.1) is 0 Å². The minimum absolute atomic E-state index is 0.451. The summed E-state index contributed by atoms with van der Waals surface area (Å²) in [7, 11) is 0. The fourth-order valence-electron chi connectivity index (χ4n) is 2.21. The smallest absolute Gasteiger partial charge is 0.341 e. The Bertz CT molecular complexity index is 681. The number of anilines is 1. The fraction of sp³-hybridized carbons (Fsp3) is 0.167. The maximum Gasteiger partial charge on any atom is 0.341 e. The topological polar surface area (TPSA) is 72.9 Å². The molecule has 0 atom stereocenters. The van der Waals surface area contributed by atoms with Crippen molar-refractivity contribution in [1.82, 2.24) is 9.78 Å². The summed E-state index contributed by atoms with van der Waals surface area (Å²) in [5.74, 6) is 0.661. The molecule has 0 unspecified atom stereocenters. The van der Waals surface area contributed by atoms with Crippen molar-refractivity contribution in [2.45, 2.75) is 6.42 Å². The fourth-order valence-corrected chi connectivity index (χ4v) is 2.51. The van der Waals surface area contributed by atoms with Gasteiger partial charge in [-0.1, -0.05) is 29.3 Å². The van der Waals surface area contributed by atoms with Crippen LogP contribution in [0.2, 0.25) is 10.0 Å². The molecule has 98 valence electrons. The lowest BCUT2D eigenvalue weighted by Crippen LogP contribution is -2.22. The lowest BCUT2D eigenvalue weighted by molar-refractivity contribution is 0.248. The second kappa shape index (κ2) is 4.43. The van der Waals surface area contributed by atoms with Gasteiger partial charge in [0, 0.05) is 17.7 Å². The number of nitrogens with zero attached hydrogens (tertiary/aromatic N) is 2. The highest BCUT2D eigenvalue weighted by molar-refractivity contribution is 6.42. The molecule has 3 rings (SSSR count). The Balaban J connectivity index is 2.18. The van der Waals surface area contributed by atoms with E-state index >= 15 is 0 Å². The van der Waals surface area contributed by atoms with Gasteiger partial charge in [-0.15, -0.1) is 0 Å². The molecule has 0 fully saturated rings.